The van der Waals surface area contributed by atoms with E-state index < -0.39 is 0 Å². The number of halogens is 2. The number of aromatic nitrogens is 4. The third kappa shape index (κ3) is 3.33. The monoisotopic (exact) mass is 428 g/mol. The van der Waals surface area contributed by atoms with Gasteiger partial charge in [0.25, 0.3) is 0 Å². The number of hydrogen-bond acceptors (Lipinski definition) is 4. The Morgan fingerprint density at radius 1 is 0.750 bits per heavy atom. The van der Waals surface area contributed by atoms with Crippen LogP contribution >= 0.6 is 0 Å². The second-order valence-corrected chi connectivity index (χ2v) is 7.38. The first-order valence-electron chi connectivity index (χ1n) is 9.99. The summed E-state index contributed by atoms with van der Waals surface area (Å²) in [7, 11) is 1.81. The van der Waals surface area contributed by atoms with Gasteiger partial charge in [0.15, 0.2) is 5.65 Å². The van der Waals surface area contributed by atoms with Crippen LogP contribution in [0.15, 0.2) is 73.1 Å². The van der Waals surface area contributed by atoms with Gasteiger partial charge in [-0.2, -0.15) is 0 Å². The molecule has 0 radical (unpaired) electrons. The highest BCUT2D eigenvalue weighted by molar-refractivity contribution is 6.04. The average molecular weight is 428 g/mol. The first-order chi connectivity index (χ1) is 15.6. The molecule has 32 heavy (non-hydrogen) atoms. The summed E-state index contributed by atoms with van der Waals surface area (Å²) in [5, 5.41) is 9.81. The maximum Gasteiger partial charge on any atom is 0.179 e. The van der Waals surface area contributed by atoms with Crippen LogP contribution in [0.25, 0.3) is 44.7 Å². The molecule has 0 aliphatic carbocycles. The quantitative estimate of drug-likeness (QED) is 0.431. The normalized spacial score (nSPS) is 11.2. The fourth-order valence-corrected chi connectivity index (χ4v) is 3.94. The zero-order chi connectivity index (χ0) is 22.2. The molecule has 3 aromatic heterocycles. The van der Waals surface area contributed by atoms with E-state index in [2.05, 4.69) is 9.97 Å². The van der Waals surface area contributed by atoms with Crippen LogP contribution in [0.3, 0.4) is 0 Å². The number of rotatable bonds is 4. The number of aliphatic hydroxyl groups is 1. The minimum absolute atomic E-state index is 0.258. The van der Waals surface area contributed by atoms with Crippen molar-refractivity contribution in [2.75, 3.05) is 0 Å². The van der Waals surface area contributed by atoms with Crippen LogP contribution in [0.2, 0.25) is 0 Å². The number of fused-ring (bicyclic) bond motifs is 1. The molecule has 0 bridgehead atoms. The topological polar surface area (TPSA) is 63.8 Å². The van der Waals surface area contributed by atoms with Crippen molar-refractivity contribution in [1.82, 2.24) is 19.5 Å². The Bertz CT molecular complexity index is 1410. The van der Waals surface area contributed by atoms with E-state index in [0.717, 1.165) is 22.3 Å². The summed E-state index contributed by atoms with van der Waals surface area (Å²) in [6.45, 7) is -0.258. The predicted molar refractivity (Wildman–Crippen MR) is 118 cm³/mol. The Hall–Kier alpha value is -3.97. The van der Waals surface area contributed by atoms with Crippen LogP contribution in [0, 0.1) is 11.6 Å². The van der Waals surface area contributed by atoms with Gasteiger partial charge in [-0.3, -0.25) is 4.98 Å². The second-order valence-electron chi connectivity index (χ2n) is 7.38. The molecule has 0 saturated heterocycles. The molecule has 0 atom stereocenters. The van der Waals surface area contributed by atoms with E-state index in [1.807, 2.05) is 19.2 Å². The van der Waals surface area contributed by atoms with Crippen LogP contribution < -0.4 is 0 Å². The second kappa shape index (κ2) is 7.94. The van der Waals surface area contributed by atoms with E-state index in [1.54, 1.807) is 41.2 Å². The van der Waals surface area contributed by atoms with E-state index in [-0.39, 0.29) is 18.2 Å². The molecule has 0 amide bonds. The van der Waals surface area contributed by atoms with Crippen molar-refractivity contribution in [3.63, 3.8) is 0 Å². The molecular formula is C25H18F2N4O. The molecule has 1 N–H and O–H groups in total. The molecule has 0 aliphatic heterocycles. The molecule has 158 valence electrons. The predicted octanol–water partition coefficient (Wildman–Crippen LogP) is 5.13. The molecule has 5 aromatic rings. The molecular weight excluding hydrogens is 410 g/mol. The summed E-state index contributed by atoms with van der Waals surface area (Å²) in [5.74, 6) is -0.239. The van der Waals surface area contributed by atoms with Crippen molar-refractivity contribution in [2.24, 2.45) is 7.05 Å². The van der Waals surface area contributed by atoms with Gasteiger partial charge in [-0.1, -0.05) is 12.1 Å². The van der Waals surface area contributed by atoms with Crippen LogP contribution in [-0.2, 0) is 13.7 Å². The highest BCUT2D eigenvalue weighted by atomic mass is 19.1. The molecule has 0 fully saturated rings. The SMILES string of the molecule is Cn1c(CO)nc2nc(-c3ccc(F)cc3)c(-c3ccncc3)c(-c3ccc(F)cc3)c21. The van der Waals surface area contributed by atoms with Gasteiger partial charge in [-0.05, 0) is 59.7 Å². The Balaban J connectivity index is 1.97. The van der Waals surface area contributed by atoms with Crippen LogP contribution in [0.5, 0.6) is 0 Å². The maximum atomic E-state index is 13.8. The zero-order valence-electron chi connectivity index (χ0n) is 17.1. The van der Waals surface area contributed by atoms with E-state index in [4.69, 9.17) is 4.98 Å². The van der Waals surface area contributed by atoms with Gasteiger partial charge in [0.2, 0.25) is 0 Å². The van der Waals surface area contributed by atoms with Gasteiger partial charge < -0.3 is 9.67 Å². The smallest absolute Gasteiger partial charge is 0.179 e. The van der Waals surface area contributed by atoms with Crippen molar-refractivity contribution in [3.8, 4) is 33.5 Å². The van der Waals surface area contributed by atoms with Gasteiger partial charge in [0.05, 0.1) is 11.2 Å². The molecule has 0 unspecified atom stereocenters. The van der Waals surface area contributed by atoms with E-state index in [9.17, 15) is 13.9 Å². The van der Waals surface area contributed by atoms with Crippen LogP contribution in [0.1, 0.15) is 5.82 Å². The minimum atomic E-state index is -0.348. The van der Waals surface area contributed by atoms with Crippen molar-refractivity contribution in [2.45, 2.75) is 6.61 Å². The van der Waals surface area contributed by atoms with Gasteiger partial charge in [-0.15, -0.1) is 0 Å². The average Bonchev–Trinajstić information content (AvgIpc) is 3.15. The number of nitrogens with zero attached hydrogens (tertiary/aromatic N) is 4. The Kier molecular flexibility index (Phi) is 4.95. The fourth-order valence-electron chi connectivity index (χ4n) is 3.94. The molecule has 0 aliphatic rings. The van der Waals surface area contributed by atoms with Crippen molar-refractivity contribution in [1.29, 1.82) is 0 Å². The first kappa shape index (κ1) is 20.0. The minimum Gasteiger partial charge on any atom is -0.388 e. The van der Waals surface area contributed by atoms with Gasteiger partial charge >= 0.3 is 0 Å². The number of aryl methyl sites for hydroxylation is 1. The van der Waals surface area contributed by atoms with E-state index in [0.29, 0.717) is 28.2 Å². The summed E-state index contributed by atoms with van der Waals surface area (Å²) in [5.41, 5.74) is 5.64. The lowest BCUT2D eigenvalue weighted by Gasteiger charge is -2.17. The number of hydrogen-bond donors (Lipinski definition) is 1. The molecule has 5 rings (SSSR count). The lowest BCUT2D eigenvalue weighted by Crippen LogP contribution is -2.00. The molecule has 0 saturated carbocycles. The summed E-state index contributed by atoms with van der Waals surface area (Å²) in [4.78, 5) is 13.5. The summed E-state index contributed by atoms with van der Waals surface area (Å²) >= 11 is 0. The Morgan fingerprint density at radius 3 is 1.91 bits per heavy atom. The molecule has 5 nitrogen and oxygen atoms in total. The number of benzene rings is 2. The lowest BCUT2D eigenvalue weighted by molar-refractivity contribution is 0.268. The number of aliphatic hydroxyl groups excluding tert-OH is 1. The number of imidazole rings is 1. The van der Waals surface area contributed by atoms with Crippen LogP contribution in [0.4, 0.5) is 8.78 Å². The molecule has 3 heterocycles. The maximum absolute atomic E-state index is 13.8. The summed E-state index contributed by atoms with van der Waals surface area (Å²) in [6, 6.07) is 16.0. The zero-order valence-corrected chi connectivity index (χ0v) is 17.1. The third-order valence-corrected chi connectivity index (χ3v) is 5.47. The highest BCUT2D eigenvalue weighted by Crippen LogP contribution is 2.43. The van der Waals surface area contributed by atoms with Crippen molar-refractivity contribution in [3.05, 3.63) is 90.5 Å². The van der Waals surface area contributed by atoms with E-state index in [1.165, 1.54) is 24.3 Å². The summed E-state index contributed by atoms with van der Waals surface area (Å²) in [6.07, 6.45) is 3.37. The lowest BCUT2D eigenvalue weighted by atomic mass is 9.90. The number of pyridine rings is 2. The Labute approximate surface area is 182 Å². The van der Waals surface area contributed by atoms with Gasteiger partial charge in [0.1, 0.15) is 24.1 Å². The van der Waals surface area contributed by atoms with Gasteiger partial charge in [0, 0.05) is 36.1 Å². The Morgan fingerprint density at radius 2 is 1.31 bits per heavy atom. The van der Waals surface area contributed by atoms with Crippen molar-refractivity contribution >= 4 is 11.2 Å². The molecule has 0 spiro atoms. The first-order valence-corrected chi connectivity index (χ1v) is 9.99. The third-order valence-electron chi connectivity index (χ3n) is 5.47. The largest absolute Gasteiger partial charge is 0.388 e. The van der Waals surface area contributed by atoms with Gasteiger partial charge in [-0.25, -0.2) is 18.7 Å². The molecule has 7 heteroatoms. The van der Waals surface area contributed by atoms with E-state index >= 15 is 0 Å². The van der Waals surface area contributed by atoms with Crippen LogP contribution in [-0.4, -0.2) is 24.6 Å². The van der Waals surface area contributed by atoms with Crippen molar-refractivity contribution < 1.29 is 13.9 Å². The highest BCUT2D eigenvalue weighted by Gasteiger charge is 2.23. The fraction of sp³-hybridized carbons (Fsp3) is 0.0800. The standard InChI is InChI=1S/C25H18F2N4O/c1-31-20(14-32)29-25-24(31)22(15-2-6-18(26)7-3-15)21(16-10-12-28-13-11-16)23(30-25)17-4-8-19(27)9-5-17/h2-13,32H,14H2,1H3. The molecule has 2 aromatic carbocycles. The summed E-state index contributed by atoms with van der Waals surface area (Å²) < 4.78 is 29.2.